The second kappa shape index (κ2) is 10.1. The van der Waals surface area contributed by atoms with Crippen molar-refractivity contribution in [1.82, 2.24) is 5.32 Å². The largest absolute Gasteiger partial charge is 0.497 e. The van der Waals surface area contributed by atoms with Crippen molar-refractivity contribution in [2.24, 2.45) is 0 Å². The van der Waals surface area contributed by atoms with Crippen LogP contribution in [0.3, 0.4) is 0 Å². The third-order valence-electron chi connectivity index (χ3n) is 2.94. The van der Waals surface area contributed by atoms with Gasteiger partial charge >= 0.3 is 0 Å². The van der Waals surface area contributed by atoms with E-state index in [2.05, 4.69) is 10.6 Å². The van der Waals surface area contributed by atoms with Crippen molar-refractivity contribution in [2.75, 3.05) is 39.8 Å². The van der Waals surface area contributed by atoms with Gasteiger partial charge in [0.1, 0.15) is 23.1 Å². The molecule has 0 atom stereocenters. The number of nitrogens with one attached hydrogen (secondary N) is 2. The Balaban J connectivity index is 2.76. The van der Waals surface area contributed by atoms with E-state index in [0.717, 1.165) is 6.42 Å². The maximum absolute atomic E-state index is 12.2. The van der Waals surface area contributed by atoms with Crippen LogP contribution in [-0.4, -0.2) is 40.4 Å². The van der Waals surface area contributed by atoms with E-state index < -0.39 is 5.91 Å². The summed E-state index contributed by atoms with van der Waals surface area (Å²) in [5, 5.41) is 14.7. The SMILES string of the molecule is COCCCN/C=C(/C#N)C(=O)Nc1cc(OC)ccc1OC. The monoisotopic (exact) mass is 319 g/mol. The van der Waals surface area contributed by atoms with Gasteiger partial charge in [0.15, 0.2) is 0 Å². The van der Waals surface area contributed by atoms with Gasteiger partial charge in [-0.25, -0.2) is 0 Å². The molecule has 0 radical (unpaired) electrons. The maximum Gasteiger partial charge on any atom is 0.267 e. The lowest BCUT2D eigenvalue weighted by molar-refractivity contribution is -0.112. The van der Waals surface area contributed by atoms with Crippen LogP contribution in [0.4, 0.5) is 5.69 Å². The maximum atomic E-state index is 12.2. The molecule has 0 aromatic heterocycles. The van der Waals surface area contributed by atoms with Crippen LogP contribution in [0, 0.1) is 11.3 Å². The lowest BCUT2D eigenvalue weighted by Gasteiger charge is -2.11. The molecule has 124 valence electrons. The molecule has 0 heterocycles. The molecule has 0 saturated heterocycles. The normalized spacial score (nSPS) is 10.6. The minimum atomic E-state index is -0.529. The van der Waals surface area contributed by atoms with Gasteiger partial charge in [0, 0.05) is 32.5 Å². The summed E-state index contributed by atoms with van der Waals surface area (Å²) in [6.45, 7) is 1.21. The topological polar surface area (TPSA) is 92.6 Å². The van der Waals surface area contributed by atoms with Gasteiger partial charge < -0.3 is 24.8 Å². The lowest BCUT2D eigenvalue weighted by atomic mass is 10.2. The second-order valence-corrected chi connectivity index (χ2v) is 4.49. The molecule has 1 rings (SSSR count). The van der Waals surface area contributed by atoms with Crippen LogP contribution in [0.2, 0.25) is 0 Å². The highest BCUT2D eigenvalue weighted by Crippen LogP contribution is 2.29. The van der Waals surface area contributed by atoms with Gasteiger partial charge in [-0.2, -0.15) is 5.26 Å². The first kappa shape index (κ1) is 18.3. The van der Waals surface area contributed by atoms with Crippen LogP contribution in [0.5, 0.6) is 11.5 Å². The first-order chi connectivity index (χ1) is 11.2. The third-order valence-corrected chi connectivity index (χ3v) is 2.94. The van der Waals surface area contributed by atoms with Crippen molar-refractivity contribution in [3.05, 3.63) is 30.0 Å². The van der Waals surface area contributed by atoms with E-state index in [9.17, 15) is 4.79 Å². The average Bonchev–Trinajstić information content (AvgIpc) is 2.57. The Morgan fingerprint density at radius 2 is 2.09 bits per heavy atom. The fraction of sp³-hybridized carbons (Fsp3) is 0.375. The van der Waals surface area contributed by atoms with Gasteiger partial charge in [-0.05, 0) is 18.6 Å². The van der Waals surface area contributed by atoms with Gasteiger partial charge in [-0.1, -0.05) is 0 Å². The molecule has 2 N–H and O–H groups in total. The van der Waals surface area contributed by atoms with Crippen LogP contribution >= 0.6 is 0 Å². The number of hydrogen-bond donors (Lipinski definition) is 2. The molecule has 23 heavy (non-hydrogen) atoms. The zero-order valence-electron chi connectivity index (χ0n) is 13.5. The zero-order chi connectivity index (χ0) is 17.1. The third kappa shape index (κ3) is 5.88. The molecule has 0 fully saturated rings. The molecule has 1 aromatic carbocycles. The molecule has 0 spiro atoms. The number of rotatable bonds is 9. The first-order valence-electron chi connectivity index (χ1n) is 7.02. The standard InChI is InChI=1S/C16H21N3O4/c1-21-8-4-7-18-11-12(10-17)16(20)19-14-9-13(22-2)5-6-15(14)23-3/h5-6,9,11,18H,4,7-8H2,1-3H3,(H,19,20)/b12-11-. The Kier molecular flexibility index (Phi) is 8.03. The number of nitriles is 1. The fourth-order valence-corrected chi connectivity index (χ4v) is 1.74. The van der Waals surface area contributed by atoms with Gasteiger partial charge in [0.2, 0.25) is 0 Å². The number of carbonyl (C=O) groups excluding carboxylic acids is 1. The van der Waals surface area contributed by atoms with E-state index in [1.54, 1.807) is 25.3 Å². The molecule has 0 unspecified atom stereocenters. The Morgan fingerprint density at radius 1 is 1.30 bits per heavy atom. The number of anilines is 1. The number of methoxy groups -OCH3 is 3. The van der Waals surface area contributed by atoms with Crippen LogP contribution < -0.4 is 20.1 Å². The number of carbonyl (C=O) groups is 1. The molecule has 0 aliphatic rings. The van der Waals surface area contributed by atoms with Crippen LogP contribution in [0.15, 0.2) is 30.0 Å². The summed E-state index contributed by atoms with van der Waals surface area (Å²) in [5.41, 5.74) is 0.393. The summed E-state index contributed by atoms with van der Waals surface area (Å²) in [5.74, 6) is 0.518. The van der Waals surface area contributed by atoms with Crippen LogP contribution in [0.1, 0.15) is 6.42 Å². The molecule has 1 amide bonds. The summed E-state index contributed by atoms with van der Waals surface area (Å²) < 4.78 is 15.2. The van der Waals surface area contributed by atoms with E-state index in [0.29, 0.717) is 30.3 Å². The summed E-state index contributed by atoms with van der Waals surface area (Å²) >= 11 is 0. The molecular formula is C16H21N3O4. The highest BCUT2D eigenvalue weighted by molar-refractivity contribution is 6.07. The summed E-state index contributed by atoms with van der Waals surface area (Å²) in [6, 6.07) is 6.87. The minimum Gasteiger partial charge on any atom is -0.497 e. The molecule has 0 aliphatic carbocycles. The lowest BCUT2D eigenvalue weighted by Crippen LogP contribution is -2.18. The highest BCUT2D eigenvalue weighted by atomic mass is 16.5. The minimum absolute atomic E-state index is 0.0349. The summed E-state index contributed by atoms with van der Waals surface area (Å²) in [6.07, 6.45) is 2.16. The predicted molar refractivity (Wildman–Crippen MR) is 86.4 cm³/mol. The molecule has 0 aliphatic heterocycles. The Bertz CT molecular complexity index is 593. The van der Waals surface area contributed by atoms with E-state index >= 15 is 0 Å². The number of benzene rings is 1. The second-order valence-electron chi connectivity index (χ2n) is 4.49. The number of nitrogens with zero attached hydrogens (tertiary/aromatic N) is 1. The highest BCUT2D eigenvalue weighted by Gasteiger charge is 2.13. The molecule has 7 nitrogen and oxygen atoms in total. The van der Waals surface area contributed by atoms with Gasteiger partial charge in [0.05, 0.1) is 19.9 Å². The van der Waals surface area contributed by atoms with Crippen molar-refractivity contribution >= 4 is 11.6 Å². The molecule has 0 saturated carbocycles. The molecule has 7 heteroatoms. The Morgan fingerprint density at radius 3 is 2.70 bits per heavy atom. The Labute approximate surface area is 135 Å². The van der Waals surface area contributed by atoms with E-state index in [1.807, 2.05) is 6.07 Å². The first-order valence-corrected chi connectivity index (χ1v) is 7.02. The molecule has 0 bridgehead atoms. The van der Waals surface area contributed by atoms with Crippen LogP contribution in [0.25, 0.3) is 0 Å². The van der Waals surface area contributed by atoms with E-state index in [1.165, 1.54) is 20.4 Å². The predicted octanol–water partition coefficient (Wildman–Crippen LogP) is 1.68. The number of hydrogen-bond acceptors (Lipinski definition) is 6. The van der Waals surface area contributed by atoms with Gasteiger partial charge in [-0.3, -0.25) is 4.79 Å². The van der Waals surface area contributed by atoms with E-state index in [4.69, 9.17) is 19.5 Å². The fourth-order valence-electron chi connectivity index (χ4n) is 1.74. The number of ether oxygens (including phenoxy) is 3. The van der Waals surface area contributed by atoms with Crippen molar-refractivity contribution in [2.45, 2.75) is 6.42 Å². The van der Waals surface area contributed by atoms with Gasteiger partial charge in [0.25, 0.3) is 5.91 Å². The molecule has 1 aromatic rings. The van der Waals surface area contributed by atoms with Gasteiger partial charge in [-0.15, -0.1) is 0 Å². The number of amides is 1. The quantitative estimate of drug-likeness (QED) is 0.409. The Hall–Kier alpha value is -2.72. The molecular weight excluding hydrogens is 298 g/mol. The zero-order valence-corrected chi connectivity index (χ0v) is 13.5. The summed E-state index contributed by atoms with van der Waals surface area (Å²) in [7, 11) is 4.64. The van der Waals surface area contributed by atoms with E-state index in [-0.39, 0.29) is 5.57 Å². The van der Waals surface area contributed by atoms with Crippen molar-refractivity contribution in [1.29, 1.82) is 5.26 Å². The average molecular weight is 319 g/mol. The summed E-state index contributed by atoms with van der Waals surface area (Å²) in [4.78, 5) is 12.2. The smallest absolute Gasteiger partial charge is 0.267 e. The van der Waals surface area contributed by atoms with Crippen molar-refractivity contribution < 1.29 is 19.0 Å². The van der Waals surface area contributed by atoms with Crippen LogP contribution in [-0.2, 0) is 9.53 Å². The van der Waals surface area contributed by atoms with Crippen molar-refractivity contribution in [3.63, 3.8) is 0 Å². The van der Waals surface area contributed by atoms with Crippen molar-refractivity contribution in [3.8, 4) is 17.6 Å².